The number of hydrogen-bond acceptors (Lipinski definition) is 4. The molecule has 1 amide bonds. The molecular formula is C16H19FN4OS. The van der Waals surface area contributed by atoms with Crippen LogP contribution in [-0.4, -0.2) is 33.0 Å². The first-order valence-electron chi connectivity index (χ1n) is 7.35. The van der Waals surface area contributed by atoms with Gasteiger partial charge in [-0.15, -0.1) is 16.8 Å². The van der Waals surface area contributed by atoms with Crippen molar-refractivity contribution >= 4 is 17.7 Å². The zero-order valence-electron chi connectivity index (χ0n) is 13.0. The number of nitrogens with zero attached hydrogens (tertiary/aromatic N) is 3. The van der Waals surface area contributed by atoms with Gasteiger partial charge in [-0.2, -0.15) is 0 Å². The average Bonchev–Trinajstić information content (AvgIpc) is 2.94. The molecule has 0 unspecified atom stereocenters. The first-order chi connectivity index (χ1) is 11.2. The molecule has 2 rings (SSSR count). The molecule has 1 heterocycles. The number of thioether (sulfide) groups is 1. The Bertz CT molecular complexity index is 686. The highest BCUT2D eigenvalue weighted by Crippen LogP contribution is 2.25. The minimum absolute atomic E-state index is 0.0579. The Kier molecular flexibility index (Phi) is 6.34. The lowest BCUT2D eigenvalue weighted by Gasteiger charge is -2.08. The SMILES string of the molecule is C=CCn1c(SCC(=O)NCCC)nnc1-c1ccccc1F. The molecule has 122 valence electrons. The highest BCUT2D eigenvalue weighted by atomic mass is 32.2. The molecule has 2 aromatic rings. The summed E-state index contributed by atoms with van der Waals surface area (Å²) in [5, 5.41) is 11.5. The summed E-state index contributed by atoms with van der Waals surface area (Å²) in [6.45, 7) is 6.80. The molecule has 1 aromatic heterocycles. The number of aromatic nitrogens is 3. The third-order valence-corrected chi connectivity index (χ3v) is 4.01. The van der Waals surface area contributed by atoms with Gasteiger partial charge in [0.15, 0.2) is 11.0 Å². The molecule has 7 heteroatoms. The van der Waals surface area contributed by atoms with E-state index in [1.54, 1.807) is 28.8 Å². The molecule has 23 heavy (non-hydrogen) atoms. The molecule has 0 saturated heterocycles. The molecule has 5 nitrogen and oxygen atoms in total. The van der Waals surface area contributed by atoms with Gasteiger partial charge < -0.3 is 5.32 Å². The molecule has 0 spiro atoms. The van der Waals surface area contributed by atoms with E-state index in [4.69, 9.17) is 0 Å². The third-order valence-electron chi connectivity index (χ3n) is 3.05. The lowest BCUT2D eigenvalue weighted by molar-refractivity contribution is -0.118. The highest BCUT2D eigenvalue weighted by Gasteiger charge is 2.17. The Morgan fingerprint density at radius 2 is 2.22 bits per heavy atom. The van der Waals surface area contributed by atoms with Crippen LogP contribution in [-0.2, 0) is 11.3 Å². The van der Waals surface area contributed by atoms with Crippen molar-refractivity contribution in [3.05, 3.63) is 42.7 Å². The van der Waals surface area contributed by atoms with Gasteiger partial charge in [-0.05, 0) is 18.6 Å². The van der Waals surface area contributed by atoms with Crippen molar-refractivity contribution in [2.45, 2.75) is 25.0 Å². The van der Waals surface area contributed by atoms with Gasteiger partial charge in [-0.25, -0.2) is 4.39 Å². The molecule has 0 aliphatic carbocycles. The maximum Gasteiger partial charge on any atom is 0.230 e. The second-order valence-electron chi connectivity index (χ2n) is 4.82. The van der Waals surface area contributed by atoms with Gasteiger partial charge >= 0.3 is 0 Å². The topological polar surface area (TPSA) is 59.8 Å². The van der Waals surface area contributed by atoms with Gasteiger partial charge in [-0.1, -0.05) is 36.9 Å². The summed E-state index contributed by atoms with van der Waals surface area (Å²) in [4.78, 5) is 11.7. The van der Waals surface area contributed by atoms with Crippen molar-refractivity contribution in [2.75, 3.05) is 12.3 Å². The largest absolute Gasteiger partial charge is 0.355 e. The summed E-state index contributed by atoms with van der Waals surface area (Å²) in [7, 11) is 0. The number of allylic oxidation sites excluding steroid dienone is 1. The van der Waals surface area contributed by atoms with E-state index >= 15 is 0 Å². The molecular weight excluding hydrogens is 315 g/mol. The number of nitrogens with one attached hydrogen (secondary N) is 1. The average molecular weight is 334 g/mol. The molecule has 0 fully saturated rings. The molecule has 0 aliphatic rings. The number of hydrogen-bond donors (Lipinski definition) is 1. The minimum Gasteiger partial charge on any atom is -0.355 e. The number of carbonyl (C=O) groups excluding carboxylic acids is 1. The van der Waals surface area contributed by atoms with Crippen molar-refractivity contribution in [2.24, 2.45) is 0 Å². The molecule has 1 N–H and O–H groups in total. The maximum atomic E-state index is 14.0. The van der Waals surface area contributed by atoms with E-state index in [2.05, 4.69) is 22.1 Å². The van der Waals surface area contributed by atoms with Crippen LogP contribution in [0.15, 0.2) is 42.1 Å². The number of amides is 1. The smallest absolute Gasteiger partial charge is 0.230 e. The van der Waals surface area contributed by atoms with Crippen molar-refractivity contribution in [3.8, 4) is 11.4 Å². The standard InChI is InChI=1S/C16H19FN4OS/c1-3-9-18-14(22)11-23-16-20-19-15(21(16)10-4-2)12-7-5-6-8-13(12)17/h4-8H,2-3,9-11H2,1H3,(H,18,22). The summed E-state index contributed by atoms with van der Waals surface area (Å²) >= 11 is 1.27. The summed E-state index contributed by atoms with van der Waals surface area (Å²) in [6.07, 6.45) is 2.58. The van der Waals surface area contributed by atoms with Crippen LogP contribution >= 0.6 is 11.8 Å². The zero-order chi connectivity index (χ0) is 16.7. The van der Waals surface area contributed by atoms with Gasteiger partial charge in [0.25, 0.3) is 0 Å². The Balaban J connectivity index is 2.20. The van der Waals surface area contributed by atoms with E-state index in [0.29, 0.717) is 29.6 Å². The van der Waals surface area contributed by atoms with Crippen LogP contribution in [0.5, 0.6) is 0 Å². The van der Waals surface area contributed by atoms with Crippen molar-refractivity contribution in [1.82, 2.24) is 20.1 Å². The van der Waals surface area contributed by atoms with Crippen LogP contribution < -0.4 is 5.32 Å². The second kappa shape index (κ2) is 8.47. The van der Waals surface area contributed by atoms with E-state index in [0.717, 1.165) is 6.42 Å². The summed E-state index contributed by atoms with van der Waals surface area (Å²) in [5.74, 6) is 0.256. The third kappa shape index (κ3) is 4.41. The number of rotatable bonds is 8. The van der Waals surface area contributed by atoms with Crippen LogP contribution in [0, 0.1) is 5.82 Å². The predicted molar refractivity (Wildman–Crippen MR) is 89.6 cm³/mol. The van der Waals surface area contributed by atoms with Crippen LogP contribution in [0.4, 0.5) is 4.39 Å². The number of benzene rings is 1. The Hall–Kier alpha value is -2.15. The van der Waals surface area contributed by atoms with Crippen LogP contribution in [0.3, 0.4) is 0 Å². The van der Waals surface area contributed by atoms with Crippen LogP contribution in [0.2, 0.25) is 0 Å². The van der Waals surface area contributed by atoms with Crippen molar-refractivity contribution in [1.29, 1.82) is 0 Å². The van der Waals surface area contributed by atoms with Gasteiger partial charge in [0.2, 0.25) is 5.91 Å². The van der Waals surface area contributed by atoms with Crippen LogP contribution in [0.25, 0.3) is 11.4 Å². The van der Waals surface area contributed by atoms with E-state index in [1.165, 1.54) is 17.8 Å². The monoisotopic (exact) mass is 334 g/mol. The Morgan fingerprint density at radius 1 is 1.43 bits per heavy atom. The fraction of sp³-hybridized carbons (Fsp3) is 0.312. The first kappa shape index (κ1) is 17.2. The fourth-order valence-corrected chi connectivity index (χ4v) is 2.75. The summed E-state index contributed by atoms with van der Waals surface area (Å²) in [5.41, 5.74) is 0.379. The van der Waals surface area contributed by atoms with Gasteiger partial charge in [0.1, 0.15) is 5.82 Å². The quantitative estimate of drug-likeness (QED) is 0.596. The first-order valence-corrected chi connectivity index (χ1v) is 8.34. The Morgan fingerprint density at radius 3 is 2.91 bits per heavy atom. The fourth-order valence-electron chi connectivity index (χ4n) is 1.98. The lowest BCUT2D eigenvalue weighted by atomic mass is 10.2. The van der Waals surface area contributed by atoms with Gasteiger partial charge in [-0.3, -0.25) is 9.36 Å². The van der Waals surface area contributed by atoms with Crippen LogP contribution in [0.1, 0.15) is 13.3 Å². The number of carbonyl (C=O) groups is 1. The minimum atomic E-state index is -0.359. The van der Waals surface area contributed by atoms with E-state index in [-0.39, 0.29) is 17.5 Å². The second-order valence-corrected chi connectivity index (χ2v) is 5.77. The lowest BCUT2D eigenvalue weighted by Crippen LogP contribution is -2.25. The van der Waals surface area contributed by atoms with Crippen molar-refractivity contribution in [3.63, 3.8) is 0 Å². The zero-order valence-corrected chi connectivity index (χ0v) is 13.8. The molecule has 0 aliphatic heterocycles. The maximum absolute atomic E-state index is 14.0. The highest BCUT2D eigenvalue weighted by molar-refractivity contribution is 7.99. The molecule has 1 aromatic carbocycles. The summed E-state index contributed by atoms with van der Waals surface area (Å²) in [6, 6.07) is 6.41. The van der Waals surface area contributed by atoms with Crippen molar-refractivity contribution < 1.29 is 9.18 Å². The molecule has 0 saturated carbocycles. The van der Waals surface area contributed by atoms with Gasteiger partial charge in [0, 0.05) is 13.1 Å². The molecule has 0 bridgehead atoms. The molecule has 0 radical (unpaired) electrons. The van der Waals surface area contributed by atoms with E-state index in [1.807, 2.05) is 6.92 Å². The predicted octanol–water partition coefficient (Wildman–Crippen LogP) is 2.89. The van der Waals surface area contributed by atoms with E-state index in [9.17, 15) is 9.18 Å². The summed E-state index contributed by atoms with van der Waals surface area (Å²) < 4.78 is 15.7. The van der Waals surface area contributed by atoms with Gasteiger partial charge in [0.05, 0.1) is 11.3 Å². The number of halogens is 1. The molecule has 0 atom stereocenters. The Labute approximate surface area is 139 Å². The normalized spacial score (nSPS) is 10.5. The van der Waals surface area contributed by atoms with E-state index < -0.39 is 0 Å².